The van der Waals surface area contributed by atoms with Gasteiger partial charge in [-0.2, -0.15) is 0 Å². The molecule has 0 aromatic heterocycles. The minimum atomic E-state index is 0.551. The monoisotopic (exact) mass is 263 g/mol. The van der Waals surface area contributed by atoms with E-state index in [2.05, 4.69) is 10.3 Å². The molecule has 108 valence electrons. The molecule has 0 aliphatic heterocycles. The topological polar surface area (TPSA) is 50.4 Å². The first-order valence-corrected chi connectivity index (χ1v) is 8.35. The van der Waals surface area contributed by atoms with Crippen LogP contribution in [0.3, 0.4) is 0 Å². The van der Waals surface area contributed by atoms with Crippen LogP contribution < -0.4 is 11.1 Å². The molecule has 3 aliphatic carbocycles. The zero-order valence-corrected chi connectivity index (χ0v) is 12.2. The maximum absolute atomic E-state index is 6.10. The largest absolute Gasteiger partial charge is 0.370 e. The van der Waals surface area contributed by atoms with Crippen LogP contribution in [0.4, 0.5) is 0 Å². The molecule has 3 aliphatic rings. The maximum atomic E-state index is 6.10. The van der Waals surface area contributed by atoms with Crippen molar-refractivity contribution in [3.05, 3.63) is 0 Å². The minimum Gasteiger partial charge on any atom is -0.370 e. The van der Waals surface area contributed by atoms with Gasteiger partial charge in [-0.3, -0.25) is 4.99 Å². The van der Waals surface area contributed by atoms with Gasteiger partial charge in [0.2, 0.25) is 0 Å². The van der Waals surface area contributed by atoms with Crippen LogP contribution >= 0.6 is 0 Å². The van der Waals surface area contributed by atoms with Gasteiger partial charge in [-0.1, -0.05) is 32.1 Å². The molecular formula is C16H29N3. The van der Waals surface area contributed by atoms with E-state index < -0.39 is 0 Å². The fourth-order valence-corrected chi connectivity index (χ4v) is 3.94. The number of nitrogens with zero attached hydrogens (tertiary/aromatic N) is 1. The molecule has 19 heavy (non-hydrogen) atoms. The number of guanidine groups is 1. The predicted molar refractivity (Wildman–Crippen MR) is 80.1 cm³/mol. The summed E-state index contributed by atoms with van der Waals surface area (Å²) in [6.07, 6.45) is 15.1. The Labute approximate surface area is 117 Å². The molecule has 0 heterocycles. The van der Waals surface area contributed by atoms with Crippen molar-refractivity contribution in [2.75, 3.05) is 6.54 Å². The summed E-state index contributed by atoms with van der Waals surface area (Å²) in [5.74, 6) is 1.68. The van der Waals surface area contributed by atoms with Crippen molar-refractivity contribution in [3.8, 4) is 0 Å². The summed E-state index contributed by atoms with van der Waals surface area (Å²) in [4.78, 5) is 4.69. The first-order valence-electron chi connectivity index (χ1n) is 8.35. The first kappa shape index (κ1) is 13.3. The minimum absolute atomic E-state index is 0.551. The number of rotatable bonds is 4. The highest BCUT2D eigenvalue weighted by molar-refractivity contribution is 5.78. The van der Waals surface area contributed by atoms with Gasteiger partial charge in [-0.05, 0) is 49.9 Å². The van der Waals surface area contributed by atoms with Crippen LogP contribution in [0.15, 0.2) is 4.99 Å². The Morgan fingerprint density at radius 3 is 2.21 bits per heavy atom. The Bertz CT molecular complexity index is 321. The molecule has 3 fully saturated rings. The lowest BCUT2D eigenvalue weighted by molar-refractivity contribution is 0.113. The lowest BCUT2D eigenvalue weighted by atomic mass is 9.65. The van der Waals surface area contributed by atoms with Crippen LogP contribution in [-0.2, 0) is 0 Å². The summed E-state index contributed by atoms with van der Waals surface area (Å²) in [6.45, 7) is 0.975. The van der Waals surface area contributed by atoms with Crippen molar-refractivity contribution in [1.29, 1.82) is 0 Å². The quantitative estimate of drug-likeness (QED) is 0.465. The van der Waals surface area contributed by atoms with E-state index in [0.717, 1.165) is 12.5 Å². The van der Waals surface area contributed by atoms with Crippen LogP contribution in [0.25, 0.3) is 0 Å². The Kier molecular flexibility index (Phi) is 3.99. The lowest BCUT2D eigenvalue weighted by Gasteiger charge is -2.41. The molecule has 3 nitrogen and oxygen atoms in total. The smallest absolute Gasteiger partial charge is 0.188 e. The fraction of sp³-hybridized carbons (Fsp3) is 0.938. The van der Waals surface area contributed by atoms with Gasteiger partial charge in [0.1, 0.15) is 0 Å². The number of nitrogens with one attached hydrogen (secondary N) is 1. The van der Waals surface area contributed by atoms with Gasteiger partial charge in [0, 0.05) is 12.6 Å². The van der Waals surface area contributed by atoms with Gasteiger partial charge in [-0.15, -0.1) is 0 Å². The van der Waals surface area contributed by atoms with Gasteiger partial charge in [0.05, 0.1) is 0 Å². The molecule has 0 unspecified atom stereocenters. The molecule has 3 N–H and O–H groups in total. The molecule has 0 radical (unpaired) electrons. The summed E-state index contributed by atoms with van der Waals surface area (Å²) in [7, 11) is 0. The summed E-state index contributed by atoms with van der Waals surface area (Å²) in [5, 5.41) is 3.47. The lowest BCUT2D eigenvalue weighted by Crippen LogP contribution is -2.42. The number of nitrogens with two attached hydrogens (primary N) is 1. The molecule has 0 bridgehead atoms. The number of hydrogen-bond acceptors (Lipinski definition) is 1. The Morgan fingerprint density at radius 1 is 1.00 bits per heavy atom. The van der Waals surface area contributed by atoms with Gasteiger partial charge in [-0.25, -0.2) is 0 Å². The second kappa shape index (κ2) is 5.72. The van der Waals surface area contributed by atoms with Crippen molar-refractivity contribution in [1.82, 2.24) is 5.32 Å². The predicted octanol–water partition coefficient (Wildman–Crippen LogP) is 3.19. The maximum Gasteiger partial charge on any atom is 0.188 e. The van der Waals surface area contributed by atoms with E-state index in [1.54, 1.807) is 0 Å². The van der Waals surface area contributed by atoms with Crippen LogP contribution in [-0.4, -0.2) is 18.5 Å². The highest BCUT2D eigenvalue weighted by Gasteiger charge is 2.48. The normalized spacial score (nSPS) is 28.5. The summed E-state index contributed by atoms with van der Waals surface area (Å²) >= 11 is 0. The SMILES string of the molecule is NC(=NCC1(C2CC2)CCC1)NC1CCCCCC1. The molecule has 0 spiro atoms. The molecular weight excluding hydrogens is 234 g/mol. The number of aliphatic imine (C=N–C) groups is 1. The van der Waals surface area contributed by atoms with E-state index in [1.165, 1.54) is 70.6 Å². The highest BCUT2D eigenvalue weighted by atomic mass is 15.1. The molecule has 0 amide bonds. The van der Waals surface area contributed by atoms with E-state index in [0.29, 0.717) is 17.4 Å². The standard InChI is InChI=1S/C16H29N3/c17-15(19-14-6-3-1-2-4-7-14)18-12-16(10-5-11-16)13-8-9-13/h13-14H,1-12H2,(H3,17,18,19). The van der Waals surface area contributed by atoms with Crippen LogP contribution in [0.1, 0.15) is 70.6 Å². The summed E-state index contributed by atoms with van der Waals surface area (Å²) in [5.41, 5.74) is 6.65. The summed E-state index contributed by atoms with van der Waals surface area (Å²) in [6, 6.07) is 0.574. The molecule has 3 saturated carbocycles. The second-order valence-corrected chi connectivity index (χ2v) is 7.02. The van der Waals surface area contributed by atoms with E-state index in [-0.39, 0.29) is 0 Å². The van der Waals surface area contributed by atoms with Gasteiger partial charge >= 0.3 is 0 Å². The van der Waals surface area contributed by atoms with Gasteiger partial charge < -0.3 is 11.1 Å². The van der Waals surface area contributed by atoms with E-state index in [1.807, 2.05) is 0 Å². The van der Waals surface area contributed by atoms with Gasteiger partial charge in [0.15, 0.2) is 5.96 Å². The average Bonchev–Trinajstić information content (AvgIpc) is 3.15. The van der Waals surface area contributed by atoms with Crippen molar-refractivity contribution in [3.63, 3.8) is 0 Å². The van der Waals surface area contributed by atoms with Crippen molar-refractivity contribution in [2.24, 2.45) is 22.1 Å². The third-order valence-corrected chi connectivity index (χ3v) is 5.56. The van der Waals surface area contributed by atoms with Crippen molar-refractivity contribution in [2.45, 2.75) is 76.7 Å². The molecule has 3 rings (SSSR count). The van der Waals surface area contributed by atoms with Crippen LogP contribution in [0.2, 0.25) is 0 Å². The highest BCUT2D eigenvalue weighted by Crippen LogP contribution is 2.57. The Hall–Kier alpha value is -0.730. The molecule has 3 heteroatoms. The third kappa shape index (κ3) is 3.24. The van der Waals surface area contributed by atoms with Crippen molar-refractivity contribution < 1.29 is 0 Å². The first-order chi connectivity index (χ1) is 9.28. The second-order valence-electron chi connectivity index (χ2n) is 7.02. The molecule has 0 atom stereocenters. The molecule has 0 aromatic rings. The molecule has 0 saturated heterocycles. The zero-order valence-electron chi connectivity index (χ0n) is 12.2. The molecule has 0 aromatic carbocycles. The fourth-order valence-electron chi connectivity index (χ4n) is 3.94. The van der Waals surface area contributed by atoms with Gasteiger partial charge in [0.25, 0.3) is 0 Å². The Morgan fingerprint density at radius 2 is 1.68 bits per heavy atom. The van der Waals surface area contributed by atoms with E-state index in [9.17, 15) is 0 Å². The van der Waals surface area contributed by atoms with Crippen molar-refractivity contribution >= 4 is 5.96 Å². The van der Waals surface area contributed by atoms with Crippen LogP contribution in [0, 0.1) is 11.3 Å². The zero-order chi connectivity index (χ0) is 13.1. The number of hydrogen-bond donors (Lipinski definition) is 2. The average molecular weight is 263 g/mol. The van der Waals surface area contributed by atoms with Crippen LogP contribution in [0.5, 0.6) is 0 Å². The summed E-state index contributed by atoms with van der Waals surface area (Å²) < 4.78 is 0. The van der Waals surface area contributed by atoms with E-state index >= 15 is 0 Å². The third-order valence-electron chi connectivity index (χ3n) is 5.56. The Balaban J connectivity index is 1.48. The van der Waals surface area contributed by atoms with E-state index in [4.69, 9.17) is 5.73 Å².